The standard InChI is InChI=1S/C24H30N4O/c1-18-4-7-20(8-5-18)22-16-25-23-24(26(3)14-15-28(22)23)10-12-27(13-11-24)17-21-9-6-19(2)29-21/h4-9,16H,10-15,17H2,1-3H3. The van der Waals surface area contributed by atoms with E-state index in [-0.39, 0.29) is 5.54 Å². The second-order valence-corrected chi connectivity index (χ2v) is 8.73. The summed E-state index contributed by atoms with van der Waals surface area (Å²) in [5.74, 6) is 3.31. The molecule has 2 aliphatic heterocycles. The molecule has 0 amide bonds. The fourth-order valence-electron chi connectivity index (χ4n) is 5.04. The molecule has 0 N–H and O–H groups in total. The van der Waals surface area contributed by atoms with E-state index < -0.39 is 0 Å². The molecule has 0 radical (unpaired) electrons. The molecule has 5 nitrogen and oxygen atoms in total. The second-order valence-electron chi connectivity index (χ2n) is 8.73. The van der Waals surface area contributed by atoms with Crippen LogP contribution in [0.25, 0.3) is 11.3 Å². The maximum atomic E-state index is 5.79. The zero-order valence-electron chi connectivity index (χ0n) is 17.7. The van der Waals surface area contributed by atoms with Crippen molar-refractivity contribution in [3.8, 4) is 11.3 Å². The lowest BCUT2D eigenvalue weighted by Gasteiger charge is -2.49. The molecule has 3 aromatic rings. The highest BCUT2D eigenvalue weighted by atomic mass is 16.3. The summed E-state index contributed by atoms with van der Waals surface area (Å²) < 4.78 is 8.26. The normalized spacial score (nSPS) is 19.6. The number of piperidine rings is 1. The molecule has 4 heterocycles. The van der Waals surface area contributed by atoms with Crippen LogP contribution in [0, 0.1) is 13.8 Å². The van der Waals surface area contributed by atoms with Gasteiger partial charge in [0, 0.05) is 26.2 Å². The van der Waals surface area contributed by atoms with Crippen LogP contribution >= 0.6 is 0 Å². The molecule has 1 fully saturated rings. The number of fused-ring (bicyclic) bond motifs is 2. The predicted octanol–water partition coefficient (Wildman–Crippen LogP) is 4.20. The van der Waals surface area contributed by atoms with E-state index in [9.17, 15) is 0 Å². The first-order valence-corrected chi connectivity index (χ1v) is 10.7. The maximum Gasteiger partial charge on any atom is 0.129 e. The molecular formula is C24H30N4O. The summed E-state index contributed by atoms with van der Waals surface area (Å²) in [6.45, 7) is 9.25. The predicted molar refractivity (Wildman–Crippen MR) is 115 cm³/mol. The van der Waals surface area contributed by atoms with Gasteiger partial charge in [-0.05, 0) is 51.4 Å². The van der Waals surface area contributed by atoms with Crippen molar-refractivity contribution >= 4 is 0 Å². The zero-order chi connectivity index (χ0) is 20.0. The summed E-state index contributed by atoms with van der Waals surface area (Å²) in [5.41, 5.74) is 3.85. The summed E-state index contributed by atoms with van der Waals surface area (Å²) in [4.78, 5) is 10.0. The molecule has 29 heavy (non-hydrogen) atoms. The number of nitrogens with zero attached hydrogens (tertiary/aromatic N) is 4. The van der Waals surface area contributed by atoms with E-state index in [1.807, 2.05) is 6.92 Å². The summed E-state index contributed by atoms with van der Waals surface area (Å²) in [5, 5.41) is 0. The molecule has 0 atom stereocenters. The molecule has 0 unspecified atom stereocenters. The third-order valence-electron chi connectivity index (χ3n) is 6.87. The monoisotopic (exact) mass is 390 g/mol. The van der Waals surface area contributed by atoms with Crippen molar-refractivity contribution in [2.75, 3.05) is 26.7 Å². The number of furan rings is 1. The maximum absolute atomic E-state index is 5.79. The average Bonchev–Trinajstić information content (AvgIpc) is 3.34. The number of aromatic nitrogens is 2. The van der Waals surface area contributed by atoms with E-state index in [4.69, 9.17) is 9.40 Å². The lowest BCUT2D eigenvalue weighted by atomic mass is 9.83. The fraction of sp³-hybridized carbons (Fsp3) is 0.458. The van der Waals surface area contributed by atoms with Gasteiger partial charge in [-0.1, -0.05) is 29.8 Å². The Morgan fingerprint density at radius 2 is 1.72 bits per heavy atom. The number of imidazole rings is 1. The van der Waals surface area contributed by atoms with E-state index in [0.29, 0.717) is 0 Å². The van der Waals surface area contributed by atoms with Gasteiger partial charge in [-0.15, -0.1) is 0 Å². The number of hydrogen-bond acceptors (Lipinski definition) is 4. The lowest BCUT2D eigenvalue weighted by molar-refractivity contribution is 0.00544. The molecule has 0 saturated carbocycles. The van der Waals surface area contributed by atoms with Crippen molar-refractivity contribution in [2.24, 2.45) is 0 Å². The van der Waals surface area contributed by atoms with Crippen molar-refractivity contribution in [1.82, 2.24) is 19.4 Å². The lowest BCUT2D eigenvalue weighted by Crippen LogP contribution is -2.56. The van der Waals surface area contributed by atoms with E-state index >= 15 is 0 Å². The van der Waals surface area contributed by atoms with Crippen LogP contribution in [0.4, 0.5) is 0 Å². The quantitative estimate of drug-likeness (QED) is 0.672. The van der Waals surface area contributed by atoms with Crippen LogP contribution in [0.1, 0.15) is 35.7 Å². The molecule has 1 saturated heterocycles. The van der Waals surface area contributed by atoms with Crippen LogP contribution in [0.3, 0.4) is 0 Å². The average molecular weight is 391 g/mol. The van der Waals surface area contributed by atoms with Crippen molar-refractivity contribution in [1.29, 1.82) is 0 Å². The summed E-state index contributed by atoms with van der Waals surface area (Å²) in [6.07, 6.45) is 4.29. The molecule has 2 aromatic heterocycles. The Bertz CT molecular complexity index is 992. The largest absolute Gasteiger partial charge is 0.465 e. The molecule has 1 spiro atoms. The van der Waals surface area contributed by atoms with Gasteiger partial charge in [-0.25, -0.2) is 4.98 Å². The van der Waals surface area contributed by atoms with Crippen LogP contribution in [-0.2, 0) is 18.6 Å². The summed E-state index contributed by atoms with van der Waals surface area (Å²) >= 11 is 0. The first kappa shape index (κ1) is 18.6. The Balaban J connectivity index is 1.40. The highest BCUT2D eigenvalue weighted by molar-refractivity contribution is 5.60. The van der Waals surface area contributed by atoms with Gasteiger partial charge in [0.2, 0.25) is 0 Å². The first-order valence-electron chi connectivity index (χ1n) is 10.7. The zero-order valence-corrected chi connectivity index (χ0v) is 17.7. The molecule has 1 aromatic carbocycles. The highest BCUT2D eigenvalue weighted by Gasteiger charge is 2.45. The number of aryl methyl sites for hydroxylation is 2. The second kappa shape index (κ2) is 7.15. The minimum absolute atomic E-state index is 0.0385. The summed E-state index contributed by atoms with van der Waals surface area (Å²) in [6, 6.07) is 13.0. The molecular weight excluding hydrogens is 360 g/mol. The van der Waals surface area contributed by atoms with Crippen LogP contribution in [0.5, 0.6) is 0 Å². The first-order chi connectivity index (χ1) is 14.0. The molecule has 2 aliphatic rings. The minimum Gasteiger partial charge on any atom is -0.465 e. The Kier molecular flexibility index (Phi) is 4.60. The van der Waals surface area contributed by atoms with E-state index in [1.54, 1.807) is 0 Å². The fourth-order valence-corrected chi connectivity index (χ4v) is 5.04. The van der Waals surface area contributed by atoms with Crippen LogP contribution in [0.15, 0.2) is 47.0 Å². The van der Waals surface area contributed by atoms with Gasteiger partial charge in [-0.2, -0.15) is 0 Å². The highest BCUT2D eigenvalue weighted by Crippen LogP contribution is 2.41. The van der Waals surface area contributed by atoms with E-state index in [0.717, 1.165) is 57.1 Å². The number of hydrogen-bond donors (Lipinski definition) is 0. The molecule has 152 valence electrons. The Hall–Kier alpha value is -2.37. The Morgan fingerprint density at radius 1 is 0.966 bits per heavy atom. The number of benzene rings is 1. The third-order valence-corrected chi connectivity index (χ3v) is 6.87. The van der Waals surface area contributed by atoms with Gasteiger partial charge >= 0.3 is 0 Å². The molecule has 5 heteroatoms. The van der Waals surface area contributed by atoms with Crippen LogP contribution in [0.2, 0.25) is 0 Å². The SMILES string of the molecule is Cc1ccc(-c2cnc3n2CCN(C)C32CCN(Cc3ccc(C)o3)CC2)cc1. The van der Waals surface area contributed by atoms with Crippen molar-refractivity contribution in [3.63, 3.8) is 0 Å². The van der Waals surface area contributed by atoms with Crippen molar-refractivity contribution in [2.45, 2.75) is 45.3 Å². The third kappa shape index (κ3) is 3.22. The van der Waals surface area contributed by atoms with Crippen molar-refractivity contribution in [3.05, 3.63) is 65.5 Å². The summed E-state index contributed by atoms with van der Waals surface area (Å²) in [7, 11) is 2.27. The Labute approximate surface area is 173 Å². The minimum atomic E-state index is 0.0385. The van der Waals surface area contributed by atoms with E-state index in [2.05, 4.69) is 70.9 Å². The topological polar surface area (TPSA) is 37.4 Å². The van der Waals surface area contributed by atoms with Crippen LogP contribution < -0.4 is 0 Å². The van der Waals surface area contributed by atoms with Gasteiger partial charge in [0.05, 0.1) is 24.0 Å². The van der Waals surface area contributed by atoms with E-state index in [1.165, 1.54) is 22.6 Å². The number of rotatable bonds is 3. The van der Waals surface area contributed by atoms with Gasteiger partial charge in [-0.3, -0.25) is 9.80 Å². The van der Waals surface area contributed by atoms with Gasteiger partial charge in [0.25, 0.3) is 0 Å². The molecule has 5 rings (SSSR count). The smallest absolute Gasteiger partial charge is 0.129 e. The van der Waals surface area contributed by atoms with Gasteiger partial charge in [0.1, 0.15) is 17.3 Å². The van der Waals surface area contributed by atoms with Gasteiger partial charge in [0.15, 0.2) is 0 Å². The molecule has 0 aliphatic carbocycles. The Morgan fingerprint density at radius 3 is 2.41 bits per heavy atom. The van der Waals surface area contributed by atoms with Crippen LogP contribution in [-0.4, -0.2) is 46.0 Å². The number of likely N-dealkylation sites (tertiary alicyclic amines) is 1. The molecule has 0 bridgehead atoms. The number of likely N-dealkylation sites (N-methyl/N-ethyl adjacent to an activating group) is 1. The van der Waals surface area contributed by atoms with Crippen molar-refractivity contribution < 1.29 is 4.42 Å². The van der Waals surface area contributed by atoms with Gasteiger partial charge < -0.3 is 8.98 Å².